The molecule has 114 valence electrons. The molecule has 0 aromatic heterocycles. The van der Waals surface area contributed by atoms with E-state index in [1.807, 2.05) is 0 Å². The molecule has 0 saturated heterocycles. The van der Waals surface area contributed by atoms with Crippen LogP contribution in [-0.4, -0.2) is 22.8 Å². The topological polar surface area (TPSA) is 72.2 Å². The van der Waals surface area contributed by atoms with Crippen LogP contribution in [0.1, 0.15) is 41.6 Å². The van der Waals surface area contributed by atoms with Crippen LogP contribution in [0.15, 0.2) is 18.2 Å². The Labute approximate surface area is 128 Å². The first-order chi connectivity index (χ1) is 9.97. The number of amides is 1. The van der Waals surface area contributed by atoms with Gasteiger partial charge in [-0.05, 0) is 43.7 Å². The number of nitro benzene ring substituents is 1. The second-order valence-electron chi connectivity index (χ2n) is 5.62. The van der Waals surface area contributed by atoms with Crippen LogP contribution >= 0.6 is 11.6 Å². The molecule has 1 amide bonds. The fourth-order valence-electron chi connectivity index (χ4n) is 2.73. The second kappa shape index (κ2) is 6.89. The van der Waals surface area contributed by atoms with Crippen molar-refractivity contribution in [2.24, 2.45) is 5.92 Å². The van der Waals surface area contributed by atoms with E-state index in [0.29, 0.717) is 12.5 Å². The van der Waals surface area contributed by atoms with Crippen molar-refractivity contribution in [3.63, 3.8) is 0 Å². The van der Waals surface area contributed by atoms with Crippen LogP contribution in [0.3, 0.4) is 0 Å². The van der Waals surface area contributed by atoms with Crippen molar-refractivity contribution in [2.45, 2.75) is 38.0 Å². The average molecular weight is 311 g/mol. The number of carbonyl (C=O) groups is 1. The Morgan fingerprint density at radius 2 is 2.24 bits per heavy atom. The molecule has 1 N–H and O–H groups in total. The number of nitro groups is 1. The van der Waals surface area contributed by atoms with E-state index in [4.69, 9.17) is 11.6 Å². The molecular formula is C15H19ClN2O3. The molecule has 2 rings (SSSR count). The lowest BCUT2D eigenvalue weighted by atomic mass is 9.89. The molecule has 6 heteroatoms. The fraction of sp³-hybridized carbons (Fsp3) is 0.533. The van der Waals surface area contributed by atoms with Crippen LogP contribution in [0.5, 0.6) is 0 Å². The molecule has 21 heavy (non-hydrogen) atoms. The van der Waals surface area contributed by atoms with Gasteiger partial charge in [-0.3, -0.25) is 14.9 Å². The SMILES string of the molecule is Cc1ccc([N+](=O)[O-])c(C(=O)NCC2CCCC(Cl)C2)c1. The molecule has 1 aromatic rings. The van der Waals surface area contributed by atoms with E-state index in [0.717, 1.165) is 31.2 Å². The molecule has 0 heterocycles. The van der Waals surface area contributed by atoms with Gasteiger partial charge in [0.25, 0.3) is 11.6 Å². The summed E-state index contributed by atoms with van der Waals surface area (Å²) in [4.78, 5) is 22.7. The minimum absolute atomic E-state index is 0.123. The summed E-state index contributed by atoms with van der Waals surface area (Å²) in [5.74, 6) is -0.0313. The molecule has 1 aliphatic rings. The molecule has 2 unspecified atom stereocenters. The number of hydrogen-bond acceptors (Lipinski definition) is 3. The third-order valence-electron chi connectivity index (χ3n) is 3.86. The minimum atomic E-state index is -0.524. The maximum absolute atomic E-state index is 12.2. The van der Waals surface area contributed by atoms with Crippen molar-refractivity contribution < 1.29 is 9.72 Å². The van der Waals surface area contributed by atoms with Crippen molar-refractivity contribution in [1.82, 2.24) is 5.32 Å². The van der Waals surface area contributed by atoms with Crippen LogP contribution in [0.25, 0.3) is 0 Å². The molecular weight excluding hydrogens is 292 g/mol. The quantitative estimate of drug-likeness (QED) is 0.526. The van der Waals surface area contributed by atoms with Gasteiger partial charge in [-0.1, -0.05) is 12.5 Å². The summed E-state index contributed by atoms with van der Waals surface area (Å²) in [6.07, 6.45) is 4.02. The van der Waals surface area contributed by atoms with E-state index in [1.165, 1.54) is 6.07 Å². The molecule has 1 fully saturated rings. The van der Waals surface area contributed by atoms with E-state index < -0.39 is 4.92 Å². The van der Waals surface area contributed by atoms with E-state index in [9.17, 15) is 14.9 Å². The van der Waals surface area contributed by atoms with Crippen molar-refractivity contribution in [1.29, 1.82) is 0 Å². The first-order valence-electron chi connectivity index (χ1n) is 7.14. The lowest BCUT2D eigenvalue weighted by Gasteiger charge is -2.25. The van der Waals surface area contributed by atoms with Gasteiger partial charge >= 0.3 is 0 Å². The number of benzene rings is 1. The van der Waals surface area contributed by atoms with Crippen LogP contribution < -0.4 is 5.32 Å². The molecule has 0 radical (unpaired) electrons. The Hall–Kier alpha value is -1.62. The van der Waals surface area contributed by atoms with Crippen LogP contribution in [0.4, 0.5) is 5.69 Å². The Morgan fingerprint density at radius 3 is 2.90 bits per heavy atom. The number of hydrogen-bond donors (Lipinski definition) is 1. The zero-order valence-corrected chi connectivity index (χ0v) is 12.7. The van der Waals surface area contributed by atoms with E-state index in [1.54, 1.807) is 19.1 Å². The maximum atomic E-state index is 12.2. The van der Waals surface area contributed by atoms with Gasteiger partial charge in [-0.15, -0.1) is 11.6 Å². The molecule has 1 aliphatic carbocycles. The number of nitrogens with one attached hydrogen (secondary N) is 1. The van der Waals surface area contributed by atoms with E-state index >= 15 is 0 Å². The summed E-state index contributed by atoms with van der Waals surface area (Å²) in [7, 11) is 0. The normalized spacial score (nSPS) is 21.8. The predicted molar refractivity (Wildman–Crippen MR) is 81.8 cm³/mol. The highest BCUT2D eigenvalue weighted by Gasteiger charge is 2.23. The number of aryl methyl sites for hydroxylation is 1. The summed E-state index contributed by atoms with van der Waals surface area (Å²) >= 11 is 6.13. The van der Waals surface area contributed by atoms with Crippen molar-refractivity contribution in [3.05, 3.63) is 39.4 Å². The number of nitrogens with zero attached hydrogens (tertiary/aromatic N) is 1. The van der Waals surface area contributed by atoms with Gasteiger partial charge in [0.1, 0.15) is 5.56 Å². The largest absolute Gasteiger partial charge is 0.352 e. The van der Waals surface area contributed by atoms with Gasteiger partial charge in [0.05, 0.1) is 4.92 Å². The Balaban J connectivity index is 2.03. The Kier molecular flexibility index (Phi) is 5.17. The monoisotopic (exact) mass is 310 g/mol. The summed E-state index contributed by atoms with van der Waals surface area (Å²) in [6, 6.07) is 4.56. The highest BCUT2D eigenvalue weighted by atomic mass is 35.5. The van der Waals surface area contributed by atoms with Crippen LogP contribution in [0.2, 0.25) is 0 Å². The maximum Gasteiger partial charge on any atom is 0.282 e. The number of halogens is 1. The summed E-state index contributed by atoms with van der Waals surface area (Å²) < 4.78 is 0. The van der Waals surface area contributed by atoms with Crippen LogP contribution in [-0.2, 0) is 0 Å². The van der Waals surface area contributed by atoms with Gasteiger partial charge < -0.3 is 5.32 Å². The number of rotatable bonds is 4. The van der Waals surface area contributed by atoms with Gasteiger partial charge in [0.2, 0.25) is 0 Å². The third kappa shape index (κ3) is 4.17. The first kappa shape index (κ1) is 15.8. The van der Waals surface area contributed by atoms with Crippen LogP contribution in [0, 0.1) is 23.0 Å². The second-order valence-corrected chi connectivity index (χ2v) is 6.23. The zero-order chi connectivity index (χ0) is 15.4. The van der Waals surface area contributed by atoms with E-state index in [2.05, 4.69) is 5.32 Å². The molecule has 1 saturated carbocycles. The standard InChI is InChI=1S/C15H19ClN2O3/c1-10-5-6-14(18(20)21)13(7-10)15(19)17-9-11-3-2-4-12(16)8-11/h5-7,11-12H,2-4,8-9H2,1H3,(H,17,19). The molecule has 0 spiro atoms. The Morgan fingerprint density at radius 1 is 1.48 bits per heavy atom. The Bertz CT molecular complexity index is 548. The van der Waals surface area contributed by atoms with Crippen molar-refractivity contribution in [2.75, 3.05) is 6.54 Å². The lowest BCUT2D eigenvalue weighted by Crippen LogP contribution is -2.32. The zero-order valence-electron chi connectivity index (χ0n) is 12.0. The third-order valence-corrected chi connectivity index (χ3v) is 4.26. The number of alkyl halides is 1. The first-order valence-corrected chi connectivity index (χ1v) is 7.58. The van der Waals surface area contributed by atoms with Gasteiger partial charge in [-0.2, -0.15) is 0 Å². The van der Waals surface area contributed by atoms with Gasteiger partial charge in [-0.25, -0.2) is 0 Å². The summed E-state index contributed by atoms with van der Waals surface area (Å²) in [5.41, 5.74) is 0.791. The highest BCUT2D eigenvalue weighted by molar-refractivity contribution is 6.20. The molecule has 2 atom stereocenters. The summed E-state index contributed by atoms with van der Waals surface area (Å²) in [5, 5.41) is 14.0. The molecule has 0 aliphatic heterocycles. The summed E-state index contributed by atoms with van der Waals surface area (Å²) in [6.45, 7) is 2.33. The van der Waals surface area contributed by atoms with Crippen molar-refractivity contribution >= 4 is 23.2 Å². The van der Waals surface area contributed by atoms with Gasteiger partial charge in [0.15, 0.2) is 0 Å². The molecule has 0 bridgehead atoms. The average Bonchev–Trinajstić information content (AvgIpc) is 2.44. The fourth-order valence-corrected chi connectivity index (χ4v) is 3.14. The minimum Gasteiger partial charge on any atom is -0.352 e. The highest BCUT2D eigenvalue weighted by Crippen LogP contribution is 2.27. The van der Waals surface area contributed by atoms with E-state index in [-0.39, 0.29) is 22.5 Å². The van der Waals surface area contributed by atoms with Gasteiger partial charge in [0, 0.05) is 18.0 Å². The molecule has 5 nitrogen and oxygen atoms in total. The number of carbonyl (C=O) groups excluding carboxylic acids is 1. The lowest BCUT2D eigenvalue weighted by molar-refractivity contribution is -0.385. The smallest absolute Gasteiger partial charge is 0.282 e. The molecule has 1 aromatic carbocycles. The predicted octanol–water partition coefficient (Wildman–Crippen LogP) is 3.43. The van der Waals surface area contributed by atoms with Crippen molar-refractivity contribution in [3.8, 4) is 0 Å².